The first kappa shape index (κ1) is 17.4. The number of nitrogens with zero attached hydrogens (tertiary/aromatic N) is 1. The Morgan fingerprint density at radius 3 is 2.42 bits per heavy atom. The van der Waals surface area contributed by atoms with Gasteiger partial charge in [-0.05, 0) is 43.3 Å². The number of hydrogen-bond donors (Lipinski definition) is 0. The molecule has 1 heterocycles. The molecule has 0 unspecified atom stereocenters. The number of para-hydroxylation sites is 1. The maximum absolute atomic E-state index is 12.2. The molecule has 0 radical (unpaired) electrons. The number of carbonyl (C=O) groups is 2. The lowest BCUT2D eigenvalue weighted by molar-refractivity contribution is 0.0520. The fourth-order valence-electron chi connectivity index (χ4n) is 2.48. The summed E-state index contributed by atoms with van der Waals surface area (Å²) in [6, 6.07) is 15.7. The Morgan fingerprint density at radius 2 is 1.73 bits per heavy atom. The zero-order valence-corrected chi connectivity index (χ0v) is 14.4. The van der Waals surface area contributed by atoms with Crippen LogP contribution < -0.4 is 4.74 Å². The predicted octanol–water partition coefficient (Wildman–Crippen LogP) is 3.99. The van der Waals surface area contributed by atoms with E-state index in [0.29, 0.717) is 22.4 Å². The molecular formula is C20H17NO5. The first-order valence-corrected chi connectivity index (χ1v) is 8.05. The molecule has 6 heteroatoms. The number of ether oxygens (including phenoxy) is 3. The molecule has 0 aliphatic heterocycles. The number of rotatable bonds is 5. The van der Waals surface area contributed by atoms with E-state index < -0.39 is 11.9 Å². The Kier molecular flexibility index (Phi) is 5.12. The Labute approximate surface area is 150 Å². The summed E-state index contributed by atoms with van der Waals surface area (Å²) in [7, 11) is 1.28. The van der Waals surface area contributed by atoms with Crippen LogP contribution in [0, 0.1) is 0 Å². The van der Waals surface area contributed by atoms with Crippen LogP contribution in [0.15, 0.2) is 54.6 Å². The van der Waals surface area contributed by atoms with Gasteiger partial charge in [-0.2, -0.15) is 0 Å². The van der Waals surface area contributed by atoms with Crippen LogP contribution >= 0.6 is 0 Å². The van der Waals surface area contributed by atoms with Crippen molar-refractivity contribution >= 4 is 22.8 Å². The van der Waals surface area contributed by atoms with E-state index in [4.69, 9.17) is 14.2 Å². The SMILES string of the molecule is CCOC(=O)c1cc(C(=O)OC)c2cc(Oc3ccccc3)ccc2n1. The average Bonchev–Trinajstić information content (AvgIpc) is 2.67. The highest BCUT2D eigenvalue weighted by Crippen LogP contribution is 2.28. The lowest BCUT2D eigenvalue weighted by Crippen LogP contribution is -2.11. The van der Waals surface area contributed by atoms with E-state index in [1.165, 1.54) is 13.2 Å². The summed E-state index contributed by atoms with van der Waals surface area (Å²) in [5.74, 6) is 0.0473. The summed E-state index contributed by atoms with van der Waals surface area (Å²) >= 11 is 0. The summed E-state index contributed by atoms with van der Waals surface area (Å²) in [6.07, 6.45) is 0. The third kappa shape index (κ3) is 3.64. The number of carbonyl (C=O) groups excluding carboxylic acids is 2. The third-order valence-corrected chi connectivity index (χ3v) is 3.65. The van der Waals surface area contributed by atoms with Crippen LogP contribution in [0.2, 0.25) is 0 Å². The third-order valence-electron chi connectivity index (χ3n) is 3.65. The summed E-state index contributed by atoms with van der Waals surface area (Å²) < 4.78 is 15.6. The molecule has 0 saturated heterocycles. The number of esters is 2. The molecular weight excluding hydrogens is 334 g/mol. The van der Waals surface area contributed by atoms with Crippen molar-refractivity contribution in [2.24, 2.45) is 0 Å². The molecule has 0 aliphatic carbocycles. The lowest BCUT2D eigenvalue weighted by atomic mass is 10.1. The number of pyridine rings is 1. The maximum Gasteiger partial charge on any atom is 0.356 e. The van der Waals surface area contributed by atoms with Gasteiger partial charge in [-0.25, -0.2) is 14.6 Å². The first-order valence-electron chi connectivity index (χ1n) is 8.05. The Bertz CT molecular complexity index is 953. The number of aromatic nitrogens is 1. The summed E-state index contributed by atoms with van der Waals surface area (Å²) in [4.78, 5) is 28.5. The van der Waals surface area contributed by atoms with Gasteiger partial charge in [0.05, 0.1) is 24.8 Å². The molecule has 3 rings (SSSR count). The van der Waals surface area contributed by atoms with Crippen LogP contribution in [0.3, 0.4) is 0 Å². The normalized spacial score (nSPS) is 10.4. The minimum Gasteiger partial charge on any atom is -0.465 e. The molecule has 0 saturated carbocycles. The molecule has 26 heavy (non-hydrogen) atoms. The quantitative estimate of drug-likeness (QED) is 0.647. The van der Waals surface area contributed by atoms with Crippen molar-refractivity contribution in [3.05, 3.63) is 65.9 Å². The Hall–Kier alpha value is -3.41. The average molecular weight is 351 g/mol. The number of fused-ring (bicyclic) bond motifs is 1. The van der Waals surface area contributed by atoms with Crippen molar-refractivity contribution in [2.45, 2.75) is 6.92 Å². The Balaban J connectivity index is 2.08. The highest BCUT2D eigenvalue weighted by atomic mass is 16.5. The zero-order chi connectivity index (χ0) is 18.5. The van der Waals surface area contributed by atoms with Gasteiger partial charge < -0.3 is 14.2 Å². The fraction of sp³-hybridized carbons (Fsp3) is 0.150. The summed E-state index contributed by atoms with van der Waals surface area (Å²) in [6.45, 7) is 1.92. The van der Waals surface area contributed by atoms with Crippen LogP contribution in [0.25, 0.3) is 10.9 Å². The topological polar surface area (TPSA) is 74.7 Å². The number of methoxy groups -OCH3 is 1. The van der Waals surface area contributed by atoms with Crippen molar-refractivity contribution in [3.8, 4) is 11.5 Å². The van der Waals surface area contributed by atoms with Gasteiger partial charge in [-0.3, -0.25) is 0 Å². The van der Waals surface area contributed by atoms with Crippen LogP contribution in [0.4, 0.5) is 0 Å². The van der Waals surface area contributed by atoms with E-state index >= 15 is 0 Å². The van der Waals surface area contributed by atoms with Crippen molar-refractivity contribution in [1.82, 2.24) is 4.98 Å². The molecule has 0 atom stereocenters. The van der Waals surface area contributed by atoms with Crippen LogP contribution in [0.5, 0.6) is 11.5 Å². The van der Waals surface area contributed by atoms with Gasteiger partial charge >= 0.3 is 11.9 Å². The van der Waals surface area contributed by atoms with E-state index in [1.54, 1.807) is 25.1 Å². The summed E-state index contributed by atoms with van der Waals surface area (Å²) in [5.41, 5.74) is 0.743. The van der Waals surface area contributed by atoms with E-state index in [1.807, 2.05) is 30.3 Å². The predicted molar refractivity (Wildman–Crippen MR) is 95.6 cm³/mol. The minimum atomic E-state index is -0.593. The van der Waals surface area contributed by atoms with Crippen molar-refractivity contribution in [2.75, 3.05) is 13.7 Å². The van der Waals surface area contributed by atoms with E-state index in [0.717, 1.165) is 0 Å². The molecule has 0 bridgehead atoms. The van der Waals surface area contributed by atoms with Gasteiger partial charge in [0, 0.05) is 5.39 Å². The van der Waals surface area contributed by atoms with E-state index in [9.17, 15) is 9.59 Å². The number of benzene rings is 2. The molecule has 3 aromatic rings. The highest BCUT2D eigenvalue weighted by molar-refractivity contribution is 6.06. The second kappa shape index (κ2) is 7.65. The second-order valence-corrected chi connectivity index (χ2v) is 5.36. The molecule has 1 aromatic heterocycles. The van der Waals surface area contributed by atoms with Gasteiger partial charge in [-0.15, -0.1) is 0 Å². The molecule has 0 amide bonds. The molecule has 0 aliphatic rings. The van der Waals surface area contributed by atoms with E-state index in [2.05, 4.69) is 4.98 Å². The second-order valence-electron chi connectivity index (χ2n) is 5.36. The van der Waals surface area contributed by atoms with Crippen molar-refractivity contribution in [3.63, 3.8) is 0 Å². The molecule has 0 spiro atoms. The number of hydrogen-bond acceptors (Lipinski definition) is 6. The van der Waals surface area contributed by atoms with Gasteiger partial charge in [0.25, 0.3) is 0 Å². The molecule has 132 valence electrons. The minimum absolute atomic E-state index is 0.0523. The highest BCUT2D eigenvalue weighted by Gasteiger charge is 2.18. The zero-order valence-electron chi connectivity index (χ0n) is 14.4. The van der Waals surface area contributed by atoms with E-state index in [-0.39, 0.29) is 17.9 Å². The van der Waals surface area contributed by atoms with Gasteiger partial charge in [-0.1, -0.05) is 18.2 Å². The fourth-order valence-corrected chi connectivity index (χ4v) is 2.48. The molecule has 6 nitrogen and oxygen atoms in total. The van der Waals surface area contributed by atoms with Crippen molar-refractivity contribution < 1.29 is 23.8 Å². The van der Waals surface area contributed by atoms with Gasteiger partial charge in [0.1, 0.15) is 17.2 Å². The Morgan fingerprint density at radius 1 is 0.962 bits per heavy atom. The molecule has 0 N–H and O–H groups in total. The lowest BCUT2D eigenvalue weighted by Gasteiger charge is -2.10. The van der Waals surface area contributed by atoms with Crippen molar-refractivity contribution in [1.29, 1.82) is 0 Å². The van der Waals surface area contributed by atoms with Crippen LogP contribution in [-0.2, 0) is 9.47 Å². The van der Waals surface area contributed by atoms with Gasteiger partial charge in [0.2, 0.25) is 0 Å². The molecule has 2 aromatic carbocycles. The monoisotopic (exact) mass is 351 g/mol. The smallest absolute Gasteiger partial charge is 0.356 e. The molecule has 0 fully saturated rings. The maximum atomic E-state index is 12.2. The largest absolute Gasteiger partial charge is 0.465 e. The van der Waals surface area contributed by atoms with Crippen LogP contribution in [-0.4, -0.2) is 30.6 Å². The first-order chi connectivity index (χ1) is 12.6. The van der Waals surface area contributed by atoms with Crippen LogP contribution in [0.1, 0.15) is 27.8 Å². The standard InChI is InChI=1S/C20H17NO5/c1-3-25-20(23)18-12-16(19(22)24-2)15-11-14(9-10-17(15)21-18)26-13-7-5-4-6-8-13/h4-12H,3H2,1-2H3. The van der Waals surface area contributed by atoms with Gasteiger partial charge in [0.15, 0.2) is 0 Å². The summed E-state index contributed by atoms with van der Waals surface area (Å²) in [5, 5.41) is 0.526.